The number of hydrogen-bond acceptors (Lipinski definition) is 4. The van der Waals surface area contributed by atoms with Crippen molar-refractivity contribution in [2.75, 3.05) is 5.12 Å². The summed E-state index contributed by atoms with van der Waals surface area (Å²) < 4.78 is 0. The Kier molecular flexibility index (Phi) is 4.26. The van der Waals surface area contributed by atoms with Gasteiger partial charge in [-0.05, 0) is 41.0 Å². The van der Waals surface area contributed by atoms with E-state index in [0.717, 1.165) is 23.4 Å². The Hall–Kier alpha value is -2.07. The number of fused-ring (bicyclic) bond motifs is 1. The molecule has 0 aromatic heterocycles. The van der Waals surface area contributed by atoms with Gasteiger partial charge in [-0.1, -0.05) is 58.9 Å². The summed E-state index contributed by atoms with van der Waals surface area (Å²) in [5, 5.41) is 17.2. The fourth-order valence-electron chi connectivity index (χ4n) is 2.97. The molecule has 1 aliphatic heterocycles. The van der Waals surface area contributed by atoms with Gasteiger partial charge in [-0.25, -0.2) is 0 Å². The van der Waals surface area contributed by atoms with E-state index in [1.54, 1.807) is 5.12 Å². The van der Waals surface area contributed by atoms with Crippen LogP contribution < -0.4 is 10.5 Å². The van der Waals surface area contributed by atoms with Gasteiger partial charge in [0.2, 0.25) is 0 Å². The summed E-state index contributed by atoms with van der Waals surface area (Å²) in [6.45, 7) is 10.9. The van der Waals surface area contributed by atoms with Gasteiger partial charge in [-0.15, -0.1) is 0 Å². The van der Waals surface area contributed by atoms with Crippen molar-refractivity contribution in [3.05, 3.63) is 47.6 Å². The Morgan fingerprint density at radius 2 is 2.04 bits per heavy atom. The lowest BCUT2D eigenvalue weighted by Gasteiger charge is -2.26. The van der Waals surface area contributed by atoms with E-state index in [4.69, 9.17) is 0 Å². The van der Waals surface area contributed by atoms with Gasteiger partial charge in [0.15, 0.2) is 0 Å². The number of hydrazine groups is 1. The van der Waals surface area contributed by atoms with E-state index in [-0.39, 0.29) is 11.5 Å². The molecule has 0 saturated carbocycles. The molecule has 1 aromatic carbocycles. The maximum absolute atomic E-state index is 10.9. The molecule has 3 rings (SSSR count). The summed E-state index contributed by atoms with van der Waals surface area (Å²) >= 11 is 0. The van der Waals surface area contributed by atoms with Crippen molar-refractivity contribution < 1.29 is 5.11 Å². The fourth-order valence-corrected chi connectivity index (χ4v) is 2.97. The van der Waals surface area contributed by atoms with Crippen LogP contribution in [-0.4, -0.2) is 16.9 Å². The minimum absolute atomic E-state index is 0.00406. The molecule has 0 fully saturated rings. The second-order valence-corrected chi connectivity index (χ2v) is 7.68. The number of rotatable bonds is 3. The van der Waals surface area contributed by atoms with E-state index in [1.807, 2.05) is 24.3 Å². The molecule has 0 radical (unpaired) electrons. The molecule has 2 aliphatic rings. The van der Waals surface area contributed by atoms with Gasteiger partial charge in [0.25, 0.3) is 0 Å². The van der Waals surface area contributed by atoms with E-state index in [0.29, 0.717) is 11.7 Å². The van der Waals surface area contributed by atoms with Gasteiger partial charge >= 0.3 is 0 Å². The van der Waals surface area contributed by atoms with Crippen molar-refractivity contribution in [1.29, 1.82) is 0 Å². The number of phenols is 1. The quantitative estimate of drug-likeness (QED) is 0.867. The number of nitrogens with zero attached hydrogens (tertiary/aromatic N) is 2. The van der Waals surface area contributed by atoms with Crippen LogP contribution in [0.1, 0.15) is 58.1 Å². The van der Waals surface area contributed by atoms with Crippen LogP contribution in [0.25, 0.3) is 0 Å². The van der Waals surface area contributed by atoms with Gasteiger partial charge in [0.1, 0.15) is 11.4 Å². The van der Waals surface area contributed by atoms with Crippen LogP contribution in [0.5, 0.6) is 5.75 Å². The van der Waals surface area contributed by atoms with Gasteiger partial charge in [0, 0.05) is 0 Å². The summed E-state index contributed by atoms with van der Waals surface area (Å²) in [6, 6.07) is 4.26. The smallest absolute Gasteiger partial charge is 0.145 e. The monoisotopic (exact) mass is 325 g/mol. The number of hydrazone groups is 1. The molecule has 1 aliphatic carbocycles. The average molecular weight is 325 g/mol. The summed E-state index contributed by atoms with van der Waals surface area (Å²) in [4.78, 5) is 0. The molecule has 0 amide bonds. The van der Waals surface area contributed by atoms with Crippen molar-refractivity contribution in [2.24, 2.45) is 5.10 Å². The Labute approximate surface area is 144 Å². The zero-order valence-corrected chi connectivity index (χ0v) is 15.2. The highest BCUT2D eigenvalue weighted by atomic mass is 16.3. The maximum Gasteiger partial charge on any atom is 0.145 e. The number of nitrogens with one attached hydrogen (secondary N) is 1. The molecule has 2 atom stereocenters. The van der Waals surface area contributed by atoms with E-state index in [2.05, 4.69) is 57.3 Å². The Bertz CT molecular complexity index is 725. The first-order valence-corrected chi connectivity index (χ1v) is 8.68. The summed E-state index contributed by atoms with van der Waals surface area (Å²) in [7, 11) is 0. The van der Waals surface area contributed by atoms with Crippen LogP contribution in [0.3, 0.4) is 0 Å². The van der Waals surface area contributed by atoms with Crippen molar-refractivity contribution >= 4 is 11.4 Å². The Balaban J connectivity index is 2.08. The molecule has 1 aromatic rings. The molecule has 4 heteroatoms. The molecule has 24 heavy (non-hydrogen) atoms. The van der Waals surface area contributed by atoms with Crippen molar-refractivity contribution in [3.8, 4) is 5.75 Å². The van der Waals surface area contributed by atoms with Crippen LogP contribution in [0.15, 0.2) is 41.5 Å². The van der Waals surface area contributed by atoms with E-state index in [1.165, 1.54) is 5.56 Å². The number of phenolic OH excluding ortho intramolecular Hbond substituents is 1. The highest BCUT2D eigenvalue weighted by molar-refractivity contribution is 6.03. The third-order valence-corrected chi connectivity index (χ3v) is 4.83. The first-order chi connectivity index (χ1) is 11.3. The lowest BCUT2D eigenvalue weighted by atomic mass is 9.83. The highest BCUT2D eigenvalue weighted by Crippen LogP contribution is 2.41. The summed E-state index contributed by atoms with van der Waals surface area (Å²) in [6.07, 6.45) is 9.04. The standard InChI is InChI=1S/C20H27N3O/c1-6-13(2)15-11-14(20(3,4)5)12-18(19(15)24)23-21-16-9-7-8-10-17(16)22-23/h7-13,16,21,24H,6H2,1-5H3. The maximum atomic E-state index is 10.9. The number of benzene rings is 1. The van der Waals surface area contributed by atoms with Crippen LogP contribution in [-0.2, 0) is 5.41 Å². The molecule has 0 saturated heterocycles. The topological polar surface area (TPSA) is 47.9 Å². The van der Waals surface area contributed by atoms with E-state index in [9.17, 15) is 5.11 Å². The second-order valence-electron chi connectivity index (χ2n) is 7.68. The molecule has 4 nitrogen and oxygen atoms in total. The SMILES string of the molecule is CCC(C)c1cc(C(C)(C)C)cc(N2N=C3C=CC=CC3N2)c1O. The van der Waals surface area contributed by atoms with Gasteiger partial charge in [0.05, 0.1) is 11.8 Å². The average Bonchev–Trinajstić information content (AvgIpc) is 2.97. The predicted molar refractivity (Wildman–Crippen MR) is 101 cm³/mol. The van der Waals surface area contributed by atoms with Crippen molar-refractivity contribution in [3.63, 3.8) is 0 Å². The van der Waals surface area contributed by atoms with Gasteiger partial charge in [-0.3, -0.25) is 0 Å². The van der Waals surface area contributed by atoms with Crippen molar-refractivity contribution in [2.45, 2.75) is 58.4 Å². The predicted octanol–water partition coefficient (Wildman–Crippen LogP) is 4.38. The largest absolute Gasteiger partial charge is 0.505 e. The summed E-state index contributed by atoms with van der Waals surface area (Å²) in [5.74, 6) is 0.615. The molecule has 128 valence electrons. The molecule has 0 bridgehead atoms. The van der Waals surface area contributed by atoms with Crippen LogP contribution in [0.4, 0.5) is 5.69 Å². The highest BCUT2D eigenvalue weighted by Gasteiger charge is 2.29. The third-order valence-electron chi connectivity index (χ3n) is 4.83. The van der Waals surface area contributed by atoms with Gasteiger partial charge < -0.3 is 5.11 Å². The minimum Gasteiger partial charge on any atom is -0.505 e. The zero-order chi connectivity index (χ0) is 17.5. The normalized spacial score (nSPS) is 21.0. The van der Waals surface area contributed by atoms with Crippen molar-refractivity contribution in [1.82, 2.24) is 5.43 Å². The zero-order valence-electron chi connectivity index (χ0n) is 15.2. The van der Waals surface area contributed by atoms with Crippen LogP contribution in [0.2, 0.25) is 0 Å². The van der Waals surface area contributed by atoms with Crippen LogP contribution >= 0.6 is 0 Å². The lowest BCUT2D eigenvalue weighted by molar-refractivity contribution is 0.457. The molecule has 2 unspecified atom stereocenters. The number of aromatic hydroxyl groups is 1. The lowest BCUT2D eigenvalue weighted by Crippen LogP contribution is -2.37. The second kappa shape index (κ2) is 6.10. The Morgan fingerprint density at radius 1 is 1.29 bits per heavy atom. The molecule has 2 N–H and O–H groups in total. The molecular weight excluding hydrogens is 298 g/mol. The summed E-state index contributed by atoms with van der Waals surface area (Å²) in [5.41, 5.74) is 7.22. The van der Waals surface area contributed by atoms with E-state index < -0.39 is 0 Å². The molecular formula is C20H27N3O. The van der Waals surface area contributed by atoms with E-state index >= 15 is 0 Å². The third kappa shape index (κ3) is 2.98. The van der Waals surface area contributed by atoms with Gasteiger partial charge in [-0.2, -0.15) is 15.6 Å². The molecule has 1 heterocycles. The van der Waals surface area contributed by atoms with Crippen LogP contribution in [0, 0.1) is 0 Å². The molecule has 0 spiro atoms. The Morgan fingerprint density at radius 3 is 2.67 bits per heavy atom. The fraction of sp³-hybridized carbons (Fsp3) is 0.450. The first-order valence-electron chi connectivity index (χ1n) is 8.68. The number of allylic oxidation sites excluding steroid dienone is 2. The number of hydrogen-bond donors (Lipinski definition) is 2. The minimum atomic E-state index is 0.00406. The number of anilines is 1. The first kappa shape index (κ1) is 16.8.